The molecule has 0 aliphatic carbocycles. The number of benzene rings is 4. The SMILES string of the molecule is O=C(O[C@@H]1O[C@@H]2COC(=O)c3cc(O)c(O)c(O)c3-c3c(cc(O)c(O)c3O)C(=O)O[C@H]2[C@H](O)[C@H]1OC(=O)c1cc(O)c(O)c(O)c1O)c1cc(O)c(O)c(O)c1O. The monoisotopic (exact) mass is 818 g/mol. The van der Waals surface area contributed by atoms with Crippen LogP contribution in [0.1, 0.15) is 41.4 Å². The third kappa shape index (κ3) is 6.34. The maximum absolute atomic E-state index is 13.9. The Kier molecular flexibility index (Phi) is 9.68. The van der Waals surface area contributed by atoms with Crippen LogP contribution in [0.2, 0.25) is 0 Å². The Morgan fingerprint density at radius 1 is 0.534 bits per heavy atom. The predicted molar refractivity (Wildman–Crippen MR) is 177 cm³/mol. The standard InChI is InChI=1S/C34H26O24/c35-10-1-6-15(23(45)19(10)41)16-7(2-11(36)20(42)24(16)46)31(51)56-28-14(5-54-30(6)50)55-34(58-33(53)9-4-13(38)22(44)26(48)18(9)40)29(27(28)49)57-32(52)8-3-12(37)21(43)25(47)17(8)39/h1-4,14,27-29,34-49H,5H2/t14-,27+,28-,29-,34+/m1/s1. The van der Waals surface area contributed by atoms with Gasteiger partial charge in [-0.1, -0.05) is 0 Å². The van der Waals surface area contributed by atoms with Gasteiger partial charge in [0.2, 0.25) is 40.8 Å². The van der Waals surface area contributed by atoms with Crippen molar-refractivity contribution in [1.82, 2.24) is 0 Å². The van der Waals surface area contributed by atoms with Gasteiger partial charge >= 0.3 is 23.9 Å². The van der Waals surface area contributed by atoms with Crippen molar-refractivity contribution in [2.45, 2.75) is 30.7 Å². The third-order valence-corrected chi connectivity index (χ3v) is 8.80. The molecule has 1 fully saturated rings. The number of phenolic OH excluding ortho intramolecular Hbond substituents is 14. The van der Waals surface area contributed by atoms with Gasteiger partial charge < -0.3 is 100 Å². The number of rotatable bonds is 4. The van der Waals surface area contributed by atoms with E-state index in [0.717, 1.165) is 0 Å². The summed E-state index contributed by atoms with van der Waals surface area (Å²) in [4.78, 5) is 54.0. The number of aliphatic hydroxyl groups is 1. The molecule has 0 amide bonds. The second-order valence-electron chi connectivity index (χ2n) is 12.3. The fraction of sp³-hybridized carbons (Fsp3) is 0.176. The first-order valence-corrected chi connectivity index (χ1v) is 15.8. The van der Waals surface area contributed by atoms with E-state index in [1.54, 1.807) is 0 Å². The van der Waals surface area contributed by atoms with Crippen molar-refractivity contribution in [1.29, 1.82) is 0 Å². The summed E-state index contributed by atoms with van der Waals surface area (Å²) in [5, 5.41) is 154. The summed E-state index contributed by atoms with van der Waals surface area (Å²) in [7, 11) is 0. The third-order valence-electron chi connectivity index (χ3n) is 8.80. The molecule has 0 radical (unpaired) electrons. The minimum absolute atomic E-state index is 0.368. The molecule has 6 rings (SSSR count). The number of hydrogen-bond acceptors (Lipinski definition) is 24. The molecule has 0 bridgehead atoms. The smallest absolute Gasteiger partial charge is 0.344 e. The minimum atomic E-state index is -2.56. The van der Waals surface area contributed by atoms with Crippen molar-refractivity contribution in [3.63, 3.8) is 0 Å². The van der Waals surface area contributed by atoms with Crippen molar-refractivity contribution >= 4 is 23.9 Å². The van der Waals surface area contributed by atoms with Crippen LogP contribution in [-0.4, -0.2) is 138 Å². The van der Waals surface area contributed by atoms with Crippen LogP contribution >= 0.6 is 0 Å². The Labute approximate surface area is 318 Å². The molecule has 24 nitrogen and oxygen atoms in total. The molecule has 58 heavy (non-hydrogen) atoms. The number of carbonyl (C=O) groups excluding carboxylic acids is 4. The lowest BCUT2D eigenvalue weighted by Gasteiger charge is -2.42. The molecule has 0 saturated carbocycles. The molecule has 5 atom stereocenters. The van der Waals surface area contributed by atoms with E-state index < -0.39 is 175 Å². The van der Waals surface area contributed by atoms with E-state index in [1.807, 2.05) is 0 Å². The summed E-state index contributed by atoms with van der Waals surface area (Å²) >= 11 is 0. The van der Waals surface area contributed by atoms with Gasteiger partial charge in [0.1, 0.15) is 29.9 Å². The molecule has 15 N–H and O–H groups in total. The average Bonchev–Trinajstić information content (AvgIpc) is 3.19. The molecule has 4 aromatic carbocycles. The van der Waals surface area contributed by atoms with E-state index in [9.17, 15) is 95.8 Å². The van der Waals surface area contributed by atoms with Crippen LogP contribution in [0.5, 0.6) is 80.5 Å². The number of carbonyl (C=O) groups is 4. The minimum Gasteiger partial charge on any atom is -0.504 e. The average molecular weight is 819 g/mol. The molecule has 2 heterocycles. The molecule has 0 aromatic heterocycles. The molecule has 4 aromatic rings. The zero-order chi connectivity index (χ0) is 42.8. The van der Waals surface area contributed by atoms with Crippen molar-refractivity contribution in [3.05, 3.63) is 46.5 Å². The molecular weight excluding hydrogens is 792 g/mol. The van der Waals surface area contributed by atoms with Crippen LogP contribution in [0.4, 0.5) is 0 Å². The van der Waals surface area contributed by atoms with Gasteiger partial charge in [-0.05, 0) is 12.1 Å². The normalized spacial score (nSPS) is 20.3. The van der Waals surface area contributed by atoms with Gasteiger partial charge in [0.25, 0.3) is 0 Å². The highest BCUT2D eigenvalue weighted by molar-refractivity contribution is 6.08. The van der Waals surface area contributed by atoms with Crippen LogP contribution in [-0.2, 0) is 23.7 Å². The molecule has 0 unspecified atom stereocenters. The van der Waals surface area contributed by atoms with Crippen molar-refractivity contribution in [2.24, 2.45) is 0 Å². The number of ether oxygens (including phenoxy) is 5. The first kappa shape index (κ1) is 39.6. The van der Waals surface area contributed by atoms with Gasteiger partial charge in [0, 0.05) is 23.3 Å². The number of aromatic hydroxyl groups is 14. The maximum atomic E-state index is 13.9. The summed E-state index contributed by atoms with van der Waals surface area (Å²) in [6, 6.07) is 1.66. The highest BCUT2D eigenvalue weighted by Gasteiger charge is 2.53. The number of cyclic esters (lactones) is 1. The van der Waals surface area contributed by atoms with Crippen LogP contribution in [0.3, 0.4) is 0 Å². The quantitative estimate of drug-likeness (QED) is 0.0561. The number of hydrogen-bond donors (Lipinski definition) is 15. The molecule has 24 heteroatoms. The van der Waals surface area contributed by atoms with E-state index in [0.29, 0.717) is 24.3 Å². The number of phenols is 14. The molecule has 2 aliphatic heterocycles. The van der Waals surface area contributed by atoms with Crippen LogP contribution < -0.4 is 0 Å². The van der Waals surface area contributed by atoms with Crippen molar-refractivity contribution in [2.75, 3.05) is 6.61 Å². The first-order valence-electron chi connectivity index (χ1n) is 15.8. The second-order valence-corrected chi connectivity index (χ2v) is 12.3. The van der Waals surface area contributed by atoms with Crippen LogP contribution in [0.25, 0.3) is 11.1 Å². The van der Waals surface area contributed by atoms with E-state index in [4.69, 9.17) is 23.7 Å². The Morgan fingerprint density at radius 2 is 0.948 bits per heavy atom. The fourth-order valence-electron chi connectivity index (χ4n) is 5.87. The summed E-state index contributed by atoms with van der Waals surface area (Å²) in [5.41, 5.74) is -6.25. The second kappa shape index (κ2) is 14.2. The Balaban J connectivity index is 1.49. The van der Waals surface area contributed by atoms with Gasteiger partial charge in [-0.25, -0.2) is 19.2 Å². The van der Waals surface area contributed by atoms with E-state index >= 15 is 0 Å². The number of aliphatic hydroxyl groups excluding tert-OH is 1. The highest BCUT2D eigenvalue weighted by Crippen LogP contribution is 2.53. The molecule has 306 valence electrons. The molecule has 1 saturated heterocycles. The van der Waals surface area contributed by atoms with Crippen molar-refractivity contribution < 1.29 is 119 Å². The summed E-state index contributed by atoms with van der Waals surface area (Å²) in [5.74, 6) is -25.4. The van der Waals surface area contributed by atoms with Gasteiger partial charge in [0.05, 0.1) is 11.1 Å². The topological polar surface area (TPSA) is 418 Å². The lowest BCUT2D eigenvalue weighted by molar-refractivity contribution is -0.283. The Bertz CT molecular complexity index is 2440. The first-order chi connectivity index (χ1) is 27.2. The molecule has 0 spiro atoms. The Hall–Kier alpha value is -8.12. The maximum Gasteiger partial charge on any atom is 0.344 e. The van der Waals surface area contributed by atoms with Gasteiger partial charge in [-0.15, -0.1) is 0 Å². The van der Waals surface area contributed by atoms with Gasteiger partial charge in [0.15, 0.2) is 58.2 Å². The van der Waals surface area contributed by atoms with Crippen LogP contribution in [0, 0.1) is 0 Å². The lowest BCUT2D eigenvalue weighted by Crippen LogP contribution is -2.62. The molecule has 2 aliphatic rings. The van der Waals surface area contributed by atoms with E-state index in [-0.39, 0.29) is 0 Å². The lowest BCUT2D eigenvalue weighted by atomic mass is 9.92. The zero-order valence-corrected chi connectivity index (χ0v) is 28.3. The van der Waals surface area contributed by atoms with Gasteiger partial charge in [-0.3, -0.25) is 0 Å². The fourth-order valence-corrected chi connectivity index (χ4v) is 5.87. The Morgan fingerprint density at radius 3 is 1.43 bits per heavy atom. The zero-order valence-electron chi connectivity index (χ0n) is 28.3. The summed E-state index contributed by atoms with van der Waals surface area (Å²) in [6.45, 7) is -1.18. The van der Waals surface area contributed by atoms with E-state index in [1.165, 1.54) is 0 Å². The highest BCUT2D eigenvalue weighted by atomic mass is 16.7. The molecular formula is C34H26O24. The summed E-state index contributed by atoms with van der Waals surface area (Å²) < 4.78 is 26.5. The van der Waals surface area contributed by atoms with E-state index in [2.05, 4.69) is 0 Å². The number of esters is 4. The predicted octanol–water partition coefficient (Wildman–Crippen LogP) is 0.0962. The number of fused-ring (bicyclic) bond motifs is 4. The van der Waals surface area contributed by atoms with Crippen molar-refractivity contribution in [3.8, 4) is 91.6 Å². The van der Waals surface area contributed by atoms with Crippen LogP contribution in [0.15, 0.2) is 24.3 Å². The summed E-state index contributed by atoms with van der Waals surface area (Å²) in [6.07, 6.45) is -12.0. The van der Waals surface area contributed by atoms with Gasteiger partial charge in [-0.2, -0.15) is 0 Å². The largest absolute Gasteiger partial charge is 0.504 e.